The number of benzene rings is 8. The Morgan fingerprint density at radius 1 is 0.373 bits per heavy atom. The molecular weight excluding hydrogens is 621 g/mol. The quantitative estimate of drug-likeness (QED) is 0.186. The zero-order valence-corrected chi connectivity index (χ0v) is 27.6. The van der Waals surface area contributed by atoms with Crippen molar-refractivity contribution in [1.29, 1.82) is 0 Å². The van der Waals surface area contributed by atoms with Crippen LogP contribution in [0.25, 0.3) is 99.2 Å². The molecule has 0 aliphatic carbocycles. The van der Waals surface area contributed by atoms with Crippen molar-refractivity contribution in [3.63, 3.8) is 0 Å². The monoisotopic (exact) mass is 650 g/mol. The lowest BCUT2D eigenvalue weighted by atomic mass is 9.98. The molecule has 0 saturated heterocycles. The molecule has 3 heterocycles. The Morgan fingerprint density at radius 3 is 1.80 bits per heavy atom. The third kappa shape index (κ3) is 4.06. The summed E-state index contributed by atoms with van der Waals surface area (Å²) in [5.74, 6) is 0. The molecule has 0 saturated carbocycles. The summed E-state index contributed by atoms with van der Waals surface area (Å²) in [5.41, 5.74) is 13.4. The van der Waals surface area contributed by atoms with Crippen LogP contribution in [-0.4, -0.2) is 9.13 Å². The van der Waals surface area contributed by atoms with Crippen molar-refractivity contribution in [1.82, 2.24) is 9.13 Å². The average molecular weight is 651 g/mol. The molecule has 0 unspecified atom stereocenters. The molecule has 0 aliphatic heterocycles. The van der Waals surface area contributed by atoms with Crippen molar-refractivity contribution in [2.75, 3.05) is 0 Å². The average Bonchev–Trinajstić information content (AvgIpc) is 3.86. The van der Waals surface area contributed by atoms with E-state index in [1.54, 1.807) is 0 Å². The molecule has 51 heavy (non-hydrogen) atoms. The normalized spacial score (nSPS) is 11.9. The second-order valence-electron chi connectivity index (χ2n) is 13.3. The van der Waals surface area contributed by atoms with E-state index in [1.165, 1.54) is 54.8 Å². The highest BCUT2D eigenvalue weighted by atomic mass is 16.3. The number of fused-ring (bicyclic) bond motifs is 9. The van der Waals surface area contributed by atoms with Gasteiger partial charge in [0, 0.05) is 43.6 Å². The Labute approximate surface area is 293 Å². The van der Waals surface area contributed by atoms with Crippen LogP contribution in [0, 0.1) is 0 Å². The van der Waals surface area contributed by atoms with Gasteiger partial charge >= 0.3 is 0 Å². The Morgan fingerprint density at radius 2 is 1.00 bits per heavy atom. The number of aromatic nitrogens is 2. The molecule has 8 aromatic carbocycles. The molecule has 238 valence electrons. The summed E-state index contributed by atoms with van der Waals surface area (Å²) in [6, 6.07) is 65.3. The van der Waals surface area contributed by atoms with Gasteiger partial charge in [0.15, 0.2) is 5.58 Å². The van der Waals surface area contributed by atoms with Crippen LogP contribution in [0.3, 0.4) is 0 Å². The predicted molar refractivity (Wildman–Crippen MR) is 213 cm³/mol. The van der Waals surface area contributed by atoms with Crippen molar-refractivity contribution < 1.29 is 4.42 Å². The van der Waals surface area contributed by atoms with Gasteiger partial charge in [-0.3, -0.25) is 0 Å². The molecule has 3 aromatic heterocycles. The van der Waals surface area contributed by atoms with E-state index in [-0.39, 0.29) is 0 Å². The van der Waals surface area contributed by atoms with Crippen LogP contribution in [-0.2, 0) is 0 Å². The van der Waals surface area contributed by atoms with Crippen molar-refractivity contribution in [3.05, 3.63) is 182 Å². The van der Waals surface area contributed by atoms with E-state index < -0.39 is 0 Å². The Bertz CT molecular complexity index is 3130. The first-order valence-corrected chi connectivity index (χ1v) is 17.4. The molecule has 3 heteroatoms. The highest BCUT2D eigenvalue weighted by molar-refractivity contribution is 6.18. The minimum Gasteiger partial charge on any atom is -0.454 e. The summed E-state index contributed by atoms with van der Waals surface area (Å²) in [4.78, 5) is 0. The predicted octanol–water partition coefficient (Wildman–Crippen LogP) is 13.1. The largest absolute Gasteiger partial charge is 0.454 e. The second kappa shape index (κ2) is 10.8. The van der Waals surface area contributed by atoms with Gasteiger partial charge in [-0.2, -0.15) is 0 Å². The van der Waals surface area contributed by atoms with Crippen molar-refractivity contribution in [2.45, 2.75) is 0 Å². The standard InChI is InChI=1S/C48H30N2O/c1-3-14-31(15-4-1)34-27-29-44(48-46(34)39-20-9-12-25-45(39)51-48)50-42-24-11-8-19-37(42)40-30-32(26-28-43(40)50)35-21-13-22-38-36-18-7-10-23-41(36)49(47(35)38)33-16-5-2-6-17-33/h1-30H. The van der Waals surface area contributed by atoms with Gasteiger partial charge in [-0.1, -0.05) is 133 Å². The topological polar surface area (TPSA) is 23.0 Å². The summed E-state index contributed by atoms with van der Waals surface area (Å²) >= 11 is 0. The fourth-order valence-corrected chi connectivity index (χ4v) is 8.35. The van der Waals surface area contributed by atoms with Crippen molar-refractivity contribution in [2.24, 2.45) is 0 Å². The molecule has 0 aliphatic rings. The Hall–Kier alpha value is -6.84. The summed E-state index contributed by atoms with van der Waals surface area (Å²) in [6.07, 6.45) is 0. The molecule has 0 spiro atoms. The first-order valence-electron chi connectivity index (χ1n) is 17.4. The molecule has 0 radical (unpaired) electrons. The van der Waals surface area contributed by atoms with E-state index in [9.17, 15) is 0 Å². The molecular formula is C48H30N2O. The second-order valence-corrected chi connectivity index (χ2v) is 13.3. The maximum Gasteiger partial charge on any atom is 0.160 e. The van der Waals surface area contributed by atoms with E-state index in [0.717, 1.165) is 44.3 Å². The highest BCUT2D eigenvalue weighted by Crippen LogP contribution is 2.44. The van der Waals surface area contributed by atoms with Gasteiger partial charge in [-0.15, -0.1) is 0 Å². The van der Waals surface area contributed by atoms with Gasteiger partial charge < -0.3 is 13.6 Å². The summed E-state index contributed by atoms with van der Waals surface area (Å²) in [5, 5.41) is 7.18. The van der Waals surface area contributed by atoms with Crippen LogP contribution < -0.4 is 0 Å². The minimum atomic E-state index is 0.890. The molecule has 0 bridgehead atoms. The lowest BCUT2D eigenvalue weighted by molar-refractivity contribution is 0.666. The maximum absolute atomic E-state index is 6.77. The van der Waals surface area contributed by atoms with Gasteiger partial charge in [0.05, 0.1) is 27.8 Å². The zero-order chi connectivity index (χ0) is 33.5. The molecule has 0 atom stereocenters. The van der Waals surface area contributed by atoms with Crippen LogP contribution in [0.15, 0.2) is 186 Å². The number of para-hydroxylation sites is 5. The number of nitrogens with zero attached hydrogens (tertiary/aromatic N) is 2. The first kappa shape index (κ1) is 28.0. The fourth-order valence-electron chi connectivity index (χ4n) is 8.35. The summed E-state index contributed by atoms with van der Waals surface area (Å²) < 4.78 is 11.6. The third-order valence-corrected chi connectivity index (χ3v) is 10.5. The number of rotatable bonds is 4. The smallest absolute Gasteiger partial charge is 0.160 e. The zero-order valence-electron chi connectivity index (χ0n) is 27.6. The van der Waals surface area contributed by atoms with Crippen LogP contribution in [0.4, 0.5) is 0 Å². The van der Waals surface area contributed by atoms with Crippen LogP contribution in [0.2, 0.25) is 0 Å². The van der Waals surface area contributed by atoms with Crippen molar-refractivity contribution >= 4 is 65.6 Å². The Balaban J connectivity index is 1.19. The van der Waals surface area contributed by atoms with Gasteiger partial charge in [-0.05, 0) is 65.2 Å². The van der Waals surface area contributed by atoms with E-state index in [1.807, 2.05) is 6.07 Å². The number of furan rings is 1. The van der Waals surface area contributed by atoms with Crippen molar-refractivity contribution in [3.8, 4) is 33.6 Å². The lowest BCUT2D eigenvalue weighted by Gasteiger charge is -2.13. The van der Waals surface area contributed by atoms with Crippen LogP contribution in [0.5, 0.6) is 0 Å². The Kier molecular flexibility index (Phi) is 5.96. The summed E-state index contributed by atoms with van der Waals surface area (Å²) in [6.45, 7) is 0. The number of hydrogen-bond donors (Lipinski definition) is 0. The third-order valence-electron chi connectivity index (χ3n) is 10.5. The molecule has 11 rings (SSSR count). The van der Waals surface area contributed by atoms with E-state index in [2.05, 4.69) is 185 Å². The van der Waals surface area contributed by atoms with E-state index >= 15 is 0 Å². The fraction of sp³-hybridized carbons (Fsp3) is 0. The SMILES string of the molecule is c1ccc(-c2ccc(-n3c4ccccc4c4cc(-c5cccc6c7ccccc7n(-c7ccccc7)c56)ccc43)c3oc4ccccc4c23)cc1. The van der Waals surface area contributed by atoms with E-state index in [0.29, 0.717) is 0 Å². The van der Waals surface area contributed by atoms with Gasteiger partial charge in [0.25, 0.3) is 0 Å². The van der Waals surface area contributed by atoms with Crippen LogP contribution >= 0.6 is 0 Å². The molecule has 3 nitrogen and oxygen atoms in total. The molecule has 11 aromatic rings. The van der Waals surface area contributed by atoms with Gasteiger partial charge in [0.1, 0.15) is 5.58 Å². The van der Waals surface area contributed by atoms with Gasteiger partial charge in [-0.25, -0.2) is 0 Å². The minimum absolute atomic E-state index is 0.890. The first-order chi connectivity index (χ1) is 25.3. The number of hydrogen-bond acceptors (Lipinski definition) is 1. The van der Waals surface area contributed by atoms with E-state index in [4.69, 9.17) is 4.42 Å². The molecule has 0 N–H and O–H groups in total. The lowest BCUT2D eigenvalue weighted by Crippen LogP contribution is -1.96. The summed E-state index contributed by atoms with van der Waals surface area (Å²) in [7, 11) is 0. The molecule has 0 fully saturated rings. The van der Waals surface area contributed by atoms with Gasteiger partial charge in [0.2, 0.25) is 0 Å². The van der Waals surface area contributed by atoms with Crippen LogP contribution in [0.1, 0.15) is 0 Å². The maximum atomic E-state index is 6.77. The molecule has 0 amide bonds. The highest BCUT2D eigenvalue weighted by Gasteiger charge is 2.22.